The molecule has 0 bridgehead atoms. The van der Waals surface area contributed by atoms with E-state index in [0.717, 1.165) is 0 Å². The maximum atomic E-state index is 13.0. The van der Waals surface area contributed by atoms with Crippen LogP contribution in [0.5, 0.6) is 0 Å². The van der Waals surface area contributed by atoms with Gasteiger partial charge in [-0.2, -0.15) is 0 Å². The highest BCUT2D eigenvalue weighted by Crippen LogP contribution is 2.09. The van der Waals surface area contributed by atoms with Crippen LogP contribution in [-0.4, -0.2) is 65.4 Å². The van der Waals surface area contributed by atoms with E-state index >= 15 is 0 Å². The topological polar surface area (TPSA) is 220 Å². The fourth-order valence-corrected chi connectivity index (χ4v) is 3.25. The Labute approximate surface area is 201 Å². The van der Waals surface area contributed by atoms with Crippen LogP contribution in [0.3, 0.4) is 0 Å². The first-order valence-corrected chi connectivity index (χ1v) is 11.7. The number of carbonyl (C=O) groups is 5. The predicted octanol–water partition coefficient (Wildman–Crippen LogP) is -1.05. The zero-order chi connectivity index (χ0) is 26.4. The van der Waals surface area contributed by atoms with Crippen molar-refractivity contribution < 1.29 is 29.1 Å². The number of aliphatic carboxylic acids is 1. The summed E-state index contributed by atoms with van der Waals surface area (Å²) in [4.78, 5) is 61.0. The molecule has 0 aliphatic rings. The zero-order valence-electron chi connectivity index (χ0n) is 20.6. The SMILES string of the molecule is CC(C)CC(N)C(=O)NC(CCC(N)=O)C(=O)NC(C(=O)NC(CCCCN)C(=O)O)C(C)C. The third kappa shape index (κ3) is 12.5. The second kappa shape index (κ2) is 16.0. The molecule has 0 rings (SSSR count). The Hall–Kier alpha value is -2.73. The summed E-state index contributed by atoms with van der Waals surface area (Å²) in [5, 5.41) is 17.0. The number of carbonyl (C=O) groups excluding carboxylic acids is 4. The van der Waals surface area contributed by atoms with E-state index in [4.69, 9.17) is 17.2 Å². The second-order valence-electron chi connectivity index (χ2n) is 9.22. The standard InChI is InChI=1S/C22H42N6O6/c1-12(2)11-14(24)19(30)26-15(8-9-17(25)29)20(31)28-18(13(3)4)21(32)27-16(22(33)34)7-5-6-10-23/h12-16,18H,5-11,23-24H2,1-4H3,(H2,25,29)(H,26,30)(H,27,32)(H,28,31)(H,33,34). The van der Waals surface area contributed by atoms with Gasteiger partial charge in [0.05, 0.1) is 6.04 Å². The van der Waals surface area contributed by atoms with Crippen LogP contribution in [0, 0.1) is 11.8 Å². The molecule has 12 nitrogen and oxygen atoms in total. The molecular weight excluding hydrogens is 444 g/mol. The maximum Gasteiger partial charge on any atom is 0.326 e. The summed E-state index contributed by atoms with van der Waals surface area (Å²) >= 11 is 0. The Morgan fingerprint density at radius 2 is 1.41 bits per heavy atom. The van der Waals surface area contributed by atoms with Gasteiger partial charge in [-0.05, 0) is 50.5 Å². The molecule has 0 aromatic heterocycles. The average molecular weight is 487 g/mol. The van der Waals surface area contributed by atoms with Crippen molar-refractivity contribution in [1.82, 2.24) is 16.0 Å². The van der Waals surface area contributed by atoms with Gasteiger partial charge < -0.3 is 38.3 Å². The minimum absolute atomic E-state index is 0.0788. The normalized spacial score (nSPS) is 14.7. The largest absolute Gasteiger partial charge is 0.480 e. The van der Waals surface area contributed by atoms with E-state index in [1.165, 1.54) is 0 Å². The molecule has 0 aliphatic heterocycles. The molecule has 0 heterocycles. The van der Waals surface area contributed by atoms with E-state index in [2.05, 4.69) is 16.0 Å². The summed E-state index contributed by atoms with van der Waals surface area (Å²) in [5.41, 5.74) is 16.5. The van der Waals surface area contributed by atoms with Crippen LogP contribution in [0.1, 0.15) is 66.2 Å². The highest BCUT2D eigenvalue weighted by atomic mass is 16.4. The Kier molecular flexibility index (Phi) is 14.7. The number of carboxylic acids is 1. The van der Waals surface area contributed by atoms with Crippen molar-refractivity contribution in [2.75, 3.05) is 6.54 Å². The summed E-state index contributed by atoms with van der Waals surface area (Å²) in [6.07, 6.45) is 1.48. The molecule has 4 atom stereocenters. The highest BCUT2D eigenvalue weighted by molar-refractivity contribution is 5.94. The maximum absolute atomic E-state index is 13.0. The summed E-state index contributed by atoms with van der Waals surface area (Å²) in [7, 11) is 0. The van der Waals surface area contributed by atoms with Crippen molar-refractivity contribution in [2.24, 2.45) is 29.0 Å². The Balaban J connectivity index is 5.42. The lowest BCUT2D eigenvalue weighted by Gasteiger charge is -2.27. The molecule has 0 aromatic carbocycles. The van der Waals surface area contributed by atoms with Gasteiger partial charge in [-0.3, -0.25) is 19.2 Å². The lowest BCUT2D eigenvalue weighted by molar-refractivity contribution is -0.142. The fourth-order valence-electron chi connectivity index (χ4n) is 3.25. The predicted molar refractivity (Wildman–Crippen MR) is 127 cm³/mol. The lowest BCUT2D eigenvalue weighted by atomic mass is 10.00. The molecular formula is C22H42N6O6. The van der Waals surface area contributed by atoms with Crippen LogP contribution in [-0.2, 0) is 24.0 Å². The molecule has 4 unspecified atom stereocenters. The third-order valence-electron chi connectivity index (χ3n) is 5.18. The monoisotopic (exact) mass is 486 g/mol. The van der Waals surface area contributed by atoms with E-state index in [0.29, 0.717) is 25.8 Å². The van der Waals surface area contributed by atoms with Crippen LogP contribution >= 0.6 is 0 Å². The van der Waals surface area contributed by atoms with Gasteiger partial charge in [0.15, 0.2) is 0 Å². The number of nitrogens with two attached hydrogens (primary N) is 3. The Morgan fingerprint density at radius 3 is 1.88 bits per heavy atom. The van der Waals surface area contributed by atoms with Gasteiger partial charge in [-0.15, -0.1) is 0 Å². The van der Waals surface area contributed by atoms with Gasteiger partial charge in [0.25, 0.3) is 0 Å². The van der Waals surface area contributed by atoms with Crippen molar-refractivity contribution >= 4 is 29.6 Å². The minimum Gasteiger partial charge on any atom is -0.480 e. The number of amides is 4. The second-order valence-corrected chi connectivity index (χ2v) is 9.22. The smallest absolute Gasteiger partial charge is 0.326 e. The van der Waals surface area contributed by atoms with Crippen LogP contribution in [0.25, 0.3) is 0 Å². The van der Waals surface area contributed by atoms with Crippen molar-refractivity contribution in [3.8, 4) is 0 Å². The Bertz CT molecular complexity index is 699. The van der Waals surface area contributed by atoms with Gasteiger partial charge in [0, 0.05) is 6.42 Å². The molecule has 0 aromatic rings. The van der Waals surface area contributed by atoms with Crippen molar-refractivity contribution in [3.63, 3.8) is 0 Å². The van der Waals surface area contributed by atoms with Crippen molar-refractivity contribution in [3.05, 3.63) is 0 Å². The molecule has 196 valence electrons. The summed E-state index contributed by atoms with van der Waals surface area (Å²) in [6, 6.07) is -4.19. The first kappa shape index (κ1) is 31.3. The summed E-state index contributed by atoms with van der Waals surface area (Å²) < 4.78 is 0. The van der Waals surface area contributed by atoms with Crippen LogP contribution in [0.2, 0.25) is 0 Å². The number of unbranched alkanes of at least 4 members (excludes halogenated alkanes) is 1. The highest BCUT2D eigenvalue weighted by Gasteiger charge is 2.32. The van der Waals surface area contributed by atoms with E-state index in [1.807, 2.05) is 13.8 Å². The number of rotatable bonds is 17. The van der Waals surface area contributed by atoms with Crippen molar-refractivity contribution in [2.45, 2.75) is 90.4 Å². The summed E-state index contributed by atoms with van der Waals surface area (Å²) in [6.45, 7) is 7.58. The molecule has 0 saturated heterocycles. The number of carboxylic acid groups (broad SMARTS) is 1. The minimum atomic E-state index is -1.19. The molecule has 0 radical (unpaired) electrons. The van der Waals surface area contributed by atoms with Crippen LogP contribution in [0.4, 0.5) is 0 Å². The van der Waals surface area contributed by atoms with Gasteiger partial charge in [0.1, 0.15) is 18.1 Å². The van der Waals surface area contributed by atoms with Crippen LogP contribution in [0.15, 0.2) is 0 Å². The van der Waals surface area contributed by atoms with Gasteiger partial charge in [-0.1, -0.05) is 27.7 Å². The number of nitrogens with one attached hydrogen (secondary N) is 3. The number of primary amides is 1. The molecule has 0 aliphatic carbocycles. The van der Waals surface area contributed by atoms with E-state index in [9.17, 15) is 29.1 Å². The summed E-state index contributed by atoms with van der Waals surface area (Å²) in [5.74, 6) is -4.01. The molecule has 10 N–H and O–H groups in total. The number of hydrogen-bond donors (Lipinski definition) is 7. The van der Waals surface area contributed by atoms with E-state index in [1.54, 1.807) is 13.8 Å². The third-order valence-corrected chi connectivity index (χ3v) is 5.18. The van der Waals surface area contributed by atoms with Gasteiger partial charge >= 0.3 is 5.97 Å². The average Bonchev–Trinajstić information content (AvgIpc) is 2.72. The van der Waals surface area contributed by atoms with Gasteiger partial charge in [-0.25, -0.2) is 4.79 Å². The molecule has 34 heavy (non-hydrogen) atoms. The van der Waals surface area contributed by atoms with Gasteiger partial charge in [0.2, 0.25) is 23.6 Å². The molecule has 0 spiro atoms. The lowest BCUT2D eigenvalue weighted by Crippen LogP contribution is -2.58. The first-order chi connectivity index (χ1) is 15.8. The molecule has 0 saturated carbocycles. The molecule has 0 fully saturated rings. The quantitative estimate of drug-likeness (QED) is 0.125. The first-order valence-electron chi connectivity index (χ1n) is 11.7. The number of hydrogen-bond acceptors (Lipinski definition) is 7. The van der Waals surface area contributed by atoms with Crippen molar-refractivity contribution in [1.29, 1.82) is 0 Å². The molecule has 12 heteroatoms. The Morgan fingerprint density at radius 1 is 0.824 bits per heavy atom. The zero-order valence-corrected chi connectivity index (χ0v) is 20.6. The molecule has 4 amide bonds. The van der Waals surface area contributed by atoms with E-state index in [-0.39, 0.29) is 25.2 Å². The fraction of sp³-hybridized carbons (Fsp3) is 0.773. The van der Waals surface area contributed by atoms with E-state index < -0.39 is 59.7 Å². The van der Waals surface area contributed by atoms with Crippen LogP contribution < -0.4 is 33.2 Å².